The molecule has 4 rings (SSSR count). The molecule has 0 bridgehead atoms. The van der Waals surface area contributed by atoms with Crippen molar-refractivity contribution < 1.29 is 18.0 Å². The van der Waals surface area contributed by atoms with Gasteiger partial charge < -0.3 is 0 Å². The molecule has 2 aromatic carbocycles. The Bertz CT molecular complexity index is 1000. The summed E-state index contributed by atoms with van der Waals surface area (Å²) in [6.45, 7) is 1.44. The summed E-state index contributed by atoms with van der Waals surface area (Å²) in [4.78, 5) is 28.9. The number of benzene rings is 2. The van der Waals surface area contributed by atoms with Crippen molar-refractivity contribution in [2.24, 2.45) is 0 Å². The smallest absolute Gasteiger partial charge is 0.247 e. The second-order valence-electron chi connectivity index (χ2n) is 7.77. The highest BCUT2D eigenvalue weighted by atomic mass is 32.2. The number of rotatable bonds is 6. The summed E-state index contributed by atoms with van der Waals surface area (Å²) in [5.41, 5.74) is 0.925. The van der Waals surface area contributed by atoms with Crippen molar-refractivity contribution in [2.45, 2.75) is 42.8 Å². The molecule has 158 valence electrons. The highest BCUT2D eigenvalue weighted by molar-refractivity contribution is 7.89. The van der Waals surface area contributed by atoms with E-state index in [1.165, 1.54) is 4.90 Å². The van der Waals surface area contributed by atoms with Crippen molar-refractivity contribution in [2.75, 3.05) is 13.1 Å². The third kappa shape index (κ3) is 4.45. The normalized spacial score (nSPS) is 21.3. The Labute approximate surface area is 176 Å². The molecular formula is C22H25N3O4S. The van der Waals surface area contributed by atoms with E-state index in [1.807, 2.05) is 35.2 Å². The second kappa shape index (κ2) is 8.67. The molecule has 0 unspecified atom stereocenters. The van der Waals surface area contributed by atoms with E-state index in [0.717, 1.165) is 5.56 Å². The zero-order chi connectivity index (χ0) is 21.1. The molecule has 0 spiro atoms. The van der Waals surface area contributed by atoms with E-state index in [0.29, 0.717) is 32.5 Å². The Hall–Kier alpha value is -2.55. The molecule has 0 aliphatic carbocycles. The van der Waals surface area contributed by atoms with Crippen LogP contribution in [0.3, 0.4) is 0 Å². The van der Waals surface area contributed by atoms with Crippen LogP contribution in [-0.4, -0.2) is 55.2 Å². The van der Waals surface area contributed by atoms with Crippen LogP contribution in [0.5, 0.6) is 0 Å². The molecule has 0 aromatic heterocycles. The molecule has 2 aromatic rings. The summed E-state index contributed by atoms with van der Waals surface area (Å²) >= 11 is 0. The fourth-order valence-corrected chi connectivity index (χ4v) is 5.43. The van der Waals surface area contributed by atoms with Gasteiger partial charge in [-0.3, -0.25) is 19.4 Å². The van der Waals surface area contributed by atoms with E-state index in [9.17, 15) is 18.0 Å². The first-order valence-electron chi connectivity index (χ1n) is 10.1. The molecule has 1 atom stereocenters. The molecule has 30 heavy (non-hydrogen) atoms. The predicted octanol–water partition coefficient (Wildman–Crippen LogP) is 1.76. The summed E-state index contributed by atoms with van der Waals surface area (Å²) in [5, 5.41) is 0. The van der Waals surface area contributed by atoms with Crippen LogP contribution in [0.25, 0.3) is 0 Å². The number of nitrogens with one attached hydrogen (secondary N) is 1. The molecule has 2 aliphatic heterocycles. The largest absolute Gasteiger partial charge is 0.291 e. The number of carbonyl (C=O) groups excluding carboxylic acids is 2. The van der Waals surface area contributed by atoms with Crippen LogP contribution in [0.15, 0.2) is 65.6 Å². The lowest BCUT2D eigenvalue weighted by Gasteiger charge is -2.34. The topological polar surface area (TPSA) is 86.8 Å². The summed E-state index contributed by atoms with van der Waals surface area (Å²) in [6.07, 6.45) is 1.39. The van der Waals surface area contributed by atoms with E-state index in [4.69, 9.17) is 0 Å². The van der Waals surface area contributed by atoms with Crippen molar-refractivity contribution in [3.63, 3.8) is 0 Å². The number of hydrogen-bond donors (Lipinski definition) is 1. The van der Waals surface area contributed by atoms with Crippen molar-refractivity contribution in [1.82, 2.24) is 14.5 Å². The van der Waals surface area contributed by atoms with E-state index < -0.39 is 16.1 Å². The van der Waals surface area contributed by atoms with Crippen LogP contribution in [0.2, 0.25) is 0 Å². The van der Waals surface area contributed by atoms with Crippen LogP contribution in [0.1, 0.15) is 24.8 Å². The quantitative estimate of drug-likeness (QED) is 0.710. The zero-order valence-electron chi connectivity index (χ0n) is 16.6. The lowest BCUT2D eigenvalue weighted by molar-refractivity contribution is -0.140. The van der Waals surface area contributed by atoms with Crippen molar-refractivity contribution in [1.29, 1.82) is 0 Å². The van der Waals surface area contributed by atoms with Crippen LogP contribution >= 0.6 is 0 Å². The minimum atomic E-state index is -3.56. The van der Waals surface area contributed by atoms with E-state index in [1.54, 1.807) is 30.3 Å². The van der Waals surface area contributed by atoms with Gasteiger partial charge in [-0.25, -0.2) is 13.1 Å². The average Bonchev–Trinajstić information content (AvgIpc) is 3.04. The highest BCUT2D eigenvalue weighted by Crippen LogP contribution is 2.24. The highest BCUT2D eigenvalue weighted by Gasteiger charge is 2.42. The standard InChI is InChI=1S/C22H25N3O4S/c26-21-15-20(22(27)25(21)16-17-7-3-1-4-8-17)24-13-11-18(12-14-24)23-30(28,29)19-9-5-2-6-10-19/h1-10,18,20,23H,11-16H2/t20-/m1/s1. The molecule has 8 heteroatoms. The van der Waals surface area contributed by atoms with Crippen LogP contribution in [-0.2, 0) is 26.2 Å². The summed E-state index contributed by atoms with van der Waals surface area (Å²) in [6, 6.07) is 17.2. The van der Waals surface area contributed by atoms with Gasteiger partial charge in [-0.2, -0.15) is 0 Å². The molecule has 2 heterocycles. The Kier molecular flexibility index (Phi) is 5.99. The van der Waals surface area contributed by atoms with Gasteiger partial charge in [-0.15, -0.1) is 0 Å². The Morgan fingerprint density at radius 2 is 1.50 bits per heavy atom. The number of amides is 2. The zero-order valence-corrected chi connectivity index (χ0v) is 17.4. The number of likely N-dealkylation sites (tertiary alicyclic amines) is 2. The number of sulfonamides is 1. The van der Waals surface area contributed by atoms with Gasteiger partial charge in [0.15, 0.2) is 0 Å². The van der Waals surface area contributed by atoms with Crippen molar-refractivity contribution in [3.05, 3.63) is 66.2 Å². The SMILES string of the molecule is O=C1C[C@@H](N2CCC(NS(=O)(=O)c3ccccc3)CC2)C(=O)N1Cc1ccccc1. The lowest BCUT2D eigenvalue weighted by Crippen LogP contribution is -2.50. The van der Waals surface area contributed by atoms with Gasteiger partial charge in [0.1, 0.15) is 0 Å². The molecule has 0 saturated carbocycles. The van der Waals surface area contributed by atoms with Gasteiger partial charge in [0, 0.05) is 19.1 Å². The third-order valence-corrected chi connectivity index (χ3v) is 7.29. The maximum absolute atomic E-state index is 12.9. The van der Waals surface area contributed by atoms with Gasteiger partial charge in [0.05, 0.1) is 23.9 Å². The van der Waals surface area contributed by atoms with Crippen molar-refractivity contribution >= 4 is 21.8 Å². The Morgan fingerprint density at radius 3 is 2.13 bits per heavy atom. The Morgan fingerprint density at radius 1 is 0.900 bits per heavy atom. The van der Waals surface area contributed by atoms with E-state index in [-0.39, 0.29) is 29.2 Å². The maximum atomic E-state index is 12.9. The van der Waals surface area contributed by atoms with Gasteiger partial charge in [0.2, 0.25) is 21.8 Å². The van der Waals surface area contributed by atoms with Gasteiger partial charge in [-0.05, 0) is 30.5 Å². The predicted molar refractivity (Wildman–Crippen MR) is 112 cm³/mol. The van der Waals surface area contributed by atoms with Crippen LogP contribution < -0.4 is 4.72 Å². The third-order valence-electron chi connectivity index (χ3n) is 5.75. The van der Waals surface area contributed by atoms with E-state index >= 15 is 0 Å². The summed E-state index contributed by atoms with van der Waals surface area (Å²) in [7, 11) is -3.56. The molecule has 7 nitrogen and oxygen atoms in total. The molecule has 2 aliphatic rings. The maximum Gasteiger partial charge on any atom is 0.247 e. The first kappa shape index (κ1) is 20.7. The minimum absolute atomic E-state index is 0.152. The molecule has 2 saturated heterocycles. The number of carbonyl (C=O) groups is 2. The number of piperidine rings is 1. The first-order chi connectivity index (χ1) is 14.4. The Balaban J connectivity index is 1.34. The monoisotopic (exact) mass is 427 g/mol. The summed E-state index contributed by atoms with van der Waals surface area (Å²) in [5.74, 6) is -0.312. The van der Waals surface area contributed by atoms with Crippen LogP contribution in [0.4, 0.5) is 0 Å². The van der Waals surface area contributed by atoms with Gasteiger partial charge in [0.25, 0.3) is 0 Å². The first-order valence-corrected chi connectivity index (χ1v) is 11.6. The van der Waals surface area contributed by atoms with E-state index in [2.05, 4.69) is 4.72 Å². The molecule has 2 amide bonds. The molecule has 0 radical (unpaired) electrons. The fourth-order valence-electron chi connectivity index (χ4n) is 4.10. The summed E-state index contributed by atoms with van der Waals surface area (Å²) < 4.78 is 27.8. The minimum Gasteiger partial charge on any atom is -0.291 e. The average molecular weight is 428 g/mol. The number of nitrogens with zero attached hydrogens (tertiary/aromatic N) is 2. The molecule has 2 fully saturated rings. The fraction of sp³-hybridized carbons (Fsp3) is 0.364. The van der Waals surface area contributed by atoms with Gasteiger partial charge in [-0.1, -0.05) is 48.5 Å². The number of hydrogen-bond acceptors (Lipinski definition) is 5. The van der Waals surface area contributed by atoms with Gasteiger partial charge >= 0.3 is 0 Å². The molecule has 1 N–H and O–H groups in total. The van der Waals surface area contributed by atoms with Crippen molar-refractivity contribution in [3.8, 4) is 0 Å². The molecular weight excluding hydrogens is 402 g/mol. The number of imide groups is 1. The van der Waals surface area contributed by atoms with Crippen LogP contribution in [0, 0.1) is 0 Å². The second-order valence-corrected chi connectivity index (χ2v) is 9.48. The lowest BCUT2D eigenvalue weighted by atomic mass is 10.0.